The van der Waals surface area contributed by atoms with Crippen LogP contribution in [-0.4, -0.2) is 35.9 Å². The Morgan fingerprint density at radius 1 is 1.03 bits per heavy atom. The van der Waals surface area contributed by atoms with Crippen LogP contribution in [0.1, 0.15) is 30.5 Å². The predicted octanol–water partition coefficient (Wildman–Crippen LogP) is 6.28. The highest BCUT2D eigenvalue weighted by Gasteiger charge is 2.35. The fourth-order valence-corrected chi connectivity index (χ4v) is 4.81. The van der Waals surface area contributed by atoms with Crippen LogP contribution >= 0.6 is 31.9 Å². The van der Waals surface area contributed by atoms with E-state index in [0.29, 0.717) is 40.4 Å². The number of amides is 4. The molecule has 1 saturated heterocycles. The van der Waals surface area contributed by atoms with Gasteiger partial charge in [-0.25, -0.2) is 9.69 Å². The van der Waals surface area contributed by atoms with E-state index in [1.165, 1.54) is 6.08 Å². The van der Waals surface area contributed by atoms with Crippen LogP contribution in [0, 0.1) is 0 Å². The van der Waals surface area contributed by atoms with Gasteiger partial charge in [0.25, 0.3) is 5.91 Å². The Hall–Kier alpha value is -3.63. The fourth-order valence-electron chi connectivity index (χ4n) is 3.98. The van der Waals surface area contributed by atoms with Gasteiger partial charge in [-0.2, -0.15) is 0 Å². The van der Waals surface area contributed by atoms with E-state index in [1.807, 2.05) is 56.3 Å². The van der Waals surface area contributed by atoms with Gasteiger partial charge in [0, 0.05) is 10.2 Å². The molecule has 4 amide bonds. The molecule has 39 heavy (non-hydrogen) atoms. The third kappa shape index (κ3) is 7.07. The maximum Gasteiger partial charge on any atom is 0.329 e. The minimum Gasteiger partial charge on any atom is -0.490 e. The van der Waals surface area contributed by atoms with Crippen LogP contribution in [0.5, 0.6) is 11.5 Å². The lowest BCUT2D eigenvalue weighted by Gasteiger charge is -2.15. The summed E-state index contributed by atoms with van der Waals surface area (Å²) in [5.41, 5.74) is 3.26. The molecule has 0 unspecified atom stereocenters. The highest BCUT2D eigenvalue weighted by molar-refractivity contribution is 9.10. The van der Waals surface area contributed by atoms with E-state index in [1.54, 1.807) is 18.2 Å². The second kappa shape index (κ2) is 12.9. The number of rotatable bonds is 10. The van der Waals surface area contributed by atoms with Crippen molar-refractivity contribution in [1.29, 1.82) is 0 Å². The first kappa shape index (κ1) is 28.4. The van der Waals surface area contributed by atoms with Crippen molar-refractivity contribution in [2.24, 2.45) is 0 Å². The van der Waals surface area contributed by atoms with Crippen LogP contribution in [0.2, 0.25) is 0 Å². The van der Waals surface area contributed by atoms with Crippen LogP contribution in [0.15, 0.2) is 75.3 Å². The molecule has 0 bridgehead atoms. The standard InChI is InChI=1S/C29H27Br2N3O5/c1-3-20-7-5-6-8-23(20)32-26(35)16-34-28(36)24(33-29(34)37)14-19-13-22(31)27(25(15-19)38-4-2)39-17-18-9-11-21(30)12-10-18/h5-15H,3-4,16-17H2,1-2H3,(H,32,35)(H,33,37)/b24-14+. The Labute approximate surface area is 243 Å². The smallest absolute Gasteiger partial charge is 0.329 e. The van der Waals surface area contributed by atoms with Gasteiger partial charge in [-0.05, 0) is 82.4 Å². The van der Waals surface area contributed by atoms with Crippen molar-refractivity contribution in [3.63, 3.8) is 0 Å². The number of carbonyl (C=O) groups is 3. The number of para-hydroxylation sites is 1. The van der Waals surface area contributed by atoms with E-state index < -0.39 is 24.4 Å². The maximum atomic E-state index is 13.0. The third-order valence-electron chi connectivity index (χ3n) is 5.88. The second-order valence-corrected chi connectivity index (χ2v) is 10.4. The van der Waals surface area contributed by atoms with Crippen molar-refractivity contribution in [2.75, 3.05) is 18.5 Å². The van der Waals surface area contributed by atoms with Crippen molar-refractivity contribution in [1.82, 2.24) is 10.2 Å². The third-order valence-corrected chi connectivity index (χ3v) is 6.99. The molecule has 202 valence electrons. The largest absolute Gasteiger partial charge is 0.490 e. The number of hydrogen-bond acceptors (Lipinski definition) is 5. The lowest BCUT2D eigenvalue weighted by Crippen LogP contribution is -2.38. The monoisotopic (exact) mass is 655 g/mol. The fraction of sp³-hybridized carbons (Fsp3) is 0.207. The molecule has 0 aliphatic carbocycles. The Kier molecular flexibility index (Phi) is 9.42. The summed E-state index contributed by atoms with van der Waals surface area (Å²) in [5.74, 6) is -0.0503. The minimum absolute atomic E-state index is 0.0552. The van der Waals surface area contributed by atoms with E-state index in [-0.39, 0.29) is 5.70 Å². The summed E-state index contributed by atoms with van der Waals surface area (Å²) in [6.07, 6.45) is 2.27. The van der Waals surface area contributed by atoms with Crippen molar-refractivity contribution in [3.05, 3.63) is 92.0 Å². The predicted molar refractivity (Wildman–Crippen MR) is 156 cm³/mol. The average molecular weight is 657 g/mol. The molecule has 0 spiro atoms. The number of aryl methyl sites for hydroxylation is 1. The van der Waals surface area contributed by atoms with Crippen molar-refractivity contribution in [2.45, 2.75) is 26.9 Å². The summed E-state index contributed by atoms with van der Waals surface area (Å²) in [6.45, 7) is 4.17. The van der Waals surface area contributed by atoms with Gasteiger partial charge >= 0.3 is 6.03 Å². The first-order chi connectivity index (χ1) is 18.8. The molecule has 0 radical (unpaired) electrons. The molecule has 3 aromatic rings. The summed E-state index contributed by atoms with van der Waals surface area (Å²) in [4.78, 5) is 39.1. The number of hydrogen-bond donors (Lipinski definition) is 2. The van der Waals surface area contributed by atoms with E-state index >= 15 is 0 Å². The van der Waals surface area contributed by atoms with Gasteiger partial charge in [-0.1, -0.05) is 53.2 Å². The molecule has 1 fully saturated rings. The number of halogens is 2. The lowest BCUT2D eigenvalue weighted by atomic mass is 10.1. The average Bonchev–Trinajstić information content (AvgIpc) is 3.16. The Morgan fingerprint density at radius 2 is 1.77 bits per heavy atom. The number of ether oxygens (including phenoxy) is 2. The summed E-state index contributed by atoms with van der Waals surface area (Å²) in [6, 6.07) is 18.0. The van der Waals surface area contributed by atoms with Gasteiger partial charge in [-0.3, -0.25) is 9.59 Å². The summed E-state index contributed by atoms with van der Waals surface area (Å²) in [5, 5.41) is 5.34. The zero-order chi connectivity index (χ0) is 27.9. The van der Waals surface area contributed by atoms with Gasteiger partial charge in [0.05, 0.1) is 11.1 Å². The molecule has 0 saturated carbocycles. The number of benzene rings is 3. The molecule has 0 atom stereocenters. The molecule has 1 aliphatic heterocycles. The van der Waals surface area contributed by atoms with E-state index in [9.17, 15) is 14.4 Å². The van der Waals surface area contributed by atoms with Crippen molar-refractivity contribution in [3.8, 4) is 11.5 Å². The molecular weight excluding hydrogens is 630 g/mol. The van der Waals surface area contributed by atoms with E-state index in [4.69, 9.17) is 9.47 Å². The lowest BCUT2D eigenvalue weighted by molar-refractivity contribution is -0.127. The second-order valence-electron chi connectivity index (χ2n) is 8.62. The van der Waals surface area contributed by atoms with Gasteiger partial charge < -0.3 is 20.1 Å². The van der Waals surface area contributed by atoms with Crippen LogP contribution < -0.4 is 20.1 Å². The first-order valence-corrected chi connectivity index (χ1v) is 13.9. The summed E-state index contributed by atoms with van der Waals surface area (Å²) < 4.78 is 13.4. The number of nitrogens with zero attached hydrogens (tertiary/aromatic N) is 1. The summed E-state index contributed by atoms with van der Waals surface area (Å²) in [7, 11) is 0. The van der Waals surface area contributed by atoms with E-state index in [2.05, 4.69) is 42.5 Å². The van der Waals surface area contributed by atoms with E-state index in [0.717, 1.165) is 26.9 Å². The van der Waals surface area contributed by atoms with Gasteiger partial charge in [0.15, 0.2) is 11.5 Å². The maximum absolute atomic E-state index is 13.0. The molecule has 0 aromatic heterocycles. The molecule has 1 aliphatic rings. The van der Waals surface area contributed by atoms with Gasteiger partial charge in [0.2, 0.25) is 5.91 Å². The topological polar surface area (TPSA) is 97.0 Å². The Balaban J connectivity index is 1.49. The molecule has 4 rings (SSSR count). The van der Waals surface area contributed by atoms with Crippen molar-refractivity contribution >= 4 is 61.5 Å². The molecule has 3 aromatic carbocycles. The highest BCUT2D eigenvalue weighted by atomic mass is 79.9. The van der Waals surface area contributed by atoms with Crippen LogP contribution in [-0.2, 0) is 22.6 Å². The van der Waals surface area contributed by atoms with Gasteiger partial charge in [0.1, 0.15) is 18.8 Å². The minimum atomic E-state index is -0.663. The molecular formula is C29H27Br2N3O5. The normalized spacial score (nSPS) is 13.9. The number of carbonyl (C=O) groups excluding carboxylic acids is 3. The molecule has 10 heteroatoms. The zero-order valence-electron chi connectivity index (χ0n) is 21.4. The quantitative estimate of drug-likeness (QED) is 0.198. The Bertz CT molecular complexity index is 1420. The molecule has 2 N–H and O–H groups in total. The Morgan fingerprint density at radius 3 is 2.49 bits per heavy atom. The SMILES string of the molecule is CCOc1cc(/C=C2/NC(=O)N(CC(=O)Nc3ccccc3CC)C2=O)cc(Br)c1OCc1ccc(Br)cc1. The highest BCUT2D eigenvalue weighted by Crippen LogP contribution is 2.38. The number of anilines is 1. The molecule has 1 heterocycles. The van der Waals surface area contributed by atoms with Crippen LogP contribution in [0.25, 0.3) is 6.08 Å². The number of nitrogens with one attached hydrogen (secondary N) is 2. The summed E-state index contributed by atoms with van der Waals surface area (Å²) >= 11 is 6.96. The van der Waals surface area contributed by atoms with Crippen molar-refractivity contribution < 1.29 is 23.9 Å². The zero-order valence-corrected chi connectivity index (χ0v) is 24.6. The number of imide groups is 1. The van der Waals surface area contributed by atoms with Crippen LogP contribution in [0.4, 0.5) is 10.5 Å². The first-order valence-electron chi connectivity index (χ1n) is 12.3. The molecule has 8 nitrogen and oxygen atoms in total. The number of urea groups is 1. The van der Waals surface area contributed by atoms with Crippen LogP contribution in [0.3, 0.4) is 0 Å². The van der Waals surface area contributed by atoms with Gasteiger partial charge in [-0.15, -0.1) is 0 Å².